The maximum Gasteiger partial charge on any atom is 0.266 e. The standard InChI is InChI=1S/C18H15ClN2O2S/c1-21-17(22)16(11-12-7-3-6-10-15(12)23-2)24-18(21)20-14-9-5-4-8-13(14)19/h3-11H,1-2H3/b16-11+,20-18?. The topological polar surface area (TPSA) is 41.9 Å². The summed E-state index contributed by atoms with van der Waals surface area (Å²) in [6.07, 6.45) is 1.82. The molecule has 0 spiro atoms. The van der Waals surface area contributed by atoms with Gasteiger partial charge < -0.3 is 4.74 Å². The first-order valence-corrected chi connectivity index (χ1v) is 8.43. The van der Waals surface area contributed by atoms with Crippen molar-refractivity contribution in [3.63, 3.8) is 0 Å². The third-order valence-corrected chi connectivity index (χ3v) is 4.88. The number of likely N-dealkylation sites (N-methyl/N-ethyl adjacent to an activating group) is 1. The van der Waals surface area contributed by atoms with Crippen molar-refractivity contribution in [2.24, 2.45) is 4.99 Å². The van der Waals surface area contributed by atoms with Crippen LogP contribution in [0, 0.1) is 0 Å². The third kappa shape index (κ3) is 3.32. The number of benzene rings is 2. The highest BCUT2D eigenvalue weighted by Crippen LogP contribution is 2.35. The summed E-state index contributed by atoms with van der Waals surface area (Å²) in [5.41, 5.74) is 1.49. The number of amides is 1. The van der Waals surface area contributed by atoms with Crippen LogP contribution in [0.4, 0.5) is 5.69 Å². The van der Waals surface area contributed by atoms with E-state index in [0.29, 0.717) is 20.8 Å². The first-order chi connectivity index (χ1) is 11.6. The van der Waals surface area contributed by atoms with Crippen molar-refractivity contribution >= 4 is 46.2 Å². The molecule has 0 radical (unpaired) electrons. The number of amidine groups is 1. The first kappa shape index (κ1) is 16.6. The Hall–Kier alpha value is -2.24. The largest absolute Gasteiger partial charge is 0.496 e. The monoisotopic (exact) mass is 358 g/mol. The molecule has 1 aliphatic heterocycles. The van der Waals surface area contributed by atoms with Crippen LogP contribution in [0.3, 0.4) is 0 Å². The van der Waals surface area contributed by atoms with Crippen molar-refractivity contribution in [3.8, 4) is 5.75 Å². The van der Waals surface area contributed by atoms with Crippen LogP contribution in [-0.4, -0.2) is 30.1 Å². The van der Waals surface area contributed by atoms with E-state index in [1.54, 1.807) is 20.2 Å². The number of hydrogen-bond acceptors (Lipinski definition) is 4. The van der Waals surface area contributed by atoms with Gasteiger partial charge in [-0.25, -0.2) is 4.99 Å². The summed E-state index contributed by atoms with van der Waals surface area (Å²) in [5, 5.41) is 1.14. The zero-order valence-corrected chi connectivity index (χ0v) is 14.8. The van der Waals surface area contributed by atoms with Crippen LogP contribution in [0.5, 0.6) is 5.75 Å². The fourth-order valence-corrected chi connectivity index (χ4v) is 3.37. The van der Waals surface area contributed by atoms with Gasteiger partial charge in [0.1, 0.15) is 5.75 Å². The molecule has 2 aromatic rings. The number of nitrogens with zero attached hydrogens (tertiary/aromatic N) is 2. The molecule has 0 aliphatic carbocycles. The van der Waals surface area contributed by atoms with Gasteiger partial charge in [-0.2, -0.15) is 0 Å². The van der Waals surface area contributed by atoms with E-state index in [4.69, 9.17) is 16.3 Å². The van der Waals surface area contributed by atoms with Gasteiger partial charge in [0, 0.05) is 12.6 Å². The molecule has 0 bridgehead atoms. The summed E-state index contributed by atoms with van der Waals surface area (Å²) < 4.78 is 5.33. The number of rotatable bonds is 3. The summed E-state index contributed by atoms with van der Waals surface area (Å²) in [5.74, 6) is 0.620. The first-order valence-electron chi connectivity index (χ1n) is 7.24. The van der Waals surface area contributed by atoms with Crippen LogP contribution >= 0.6 is 23.4 Å². The second-order valence-corrected chi connectivity index (χ2v) is 6.48. The summed E-state index contributed by atoms with van der Waals surface area (Å²) in [6, 6.07) is 14.8. The zero-order chi connectivity index (χ0) is 17.1. The molecule has 1 amide bonds. The average molecular weight is 359 g/mol. The summed E-state index contributed by atoms with van der Waals surface area (Å²) in [4.78, 5) is 19.1. The second kappa shape index (κ2) is 7.11. The van der Waals surface area contributed by atoms with E-state index in [9.17, 15) is 4.79 Å². The van der Waals surface area contributed by atoms with Crippen LogP contribution in [0.1, 0.15) is 5.56 Å². The van der Waals surface area contributed by atoms with Crippen molar-refractivity contribution in [1.82, 2.24) is 4.90 Å². The van der Waals surface area contributed by atoms with Crippen LogP contribution in [0.2, 0.25) is 5.02 Å². The lowest BCUT2D eigenvalue weighted by Crippen LogP contribution is -2.23. The lowest BCUT2D eigenvalue weighted by molar-refractivity contribution is -0.121. The number of ether oxygens (including phenoxy) is 1. The van der Waals surface area contributed by atoms with Gasteiger partial charge in [0.2, 0.25) is 0 Å². The highest BCUT2D eigenvalue weighted by Gasteiger charge is 2.30. The minimum atomic E-state index is -0.100. The van der Waals surface area contributed by atoms with Crippen molar-refractivity contribution in [2.45, 2.75) is 0 Å². The number of carbonyl (C=O) groups is 1. The Balaban J connectivity index is 1.95. The Morgan fingerprint density at radius 1 is 1.17 bits per heavy atom. The quantitative estimate of drug-likeness (QED) is 0.754. The molecule has 0 N–H and O–H groups in total. The van der Waals surface area contributed by atoms with E-state index in [-0.39, 0.29) is 5.91 Å². The van der Waals surface area contributed by atoms with E-state index < -0.39 is 0 Å². The van der Waals surface area contributed by atoms with Gasteiger partial charge in [-0.1, -0.05) is 41.9 Å². The molecule has 1 fully saturated rings. The van der Waals surface area contributed by atoms with E-state index in [2.05, 4.69) is 4.99 Å². The predicted octanol–water partition coefficient (Wildman–Crippen LogP) is 4.58. The van der Waals surface area contributed by atoms with Crippen molar-refractivity contribution in [2.75, 3.05) is 14.2 Å². The molecule has 4 nitrogen and oxygen atoms in total. The Bertz CT molecular complexity index is 848. The van der Waals surface area contributed by atoms with E-state index in [0.717, 1.165) is 11.3 Å². The molecular formula is C18H15ClN2O2S. The summed E-state index contributed by atoms with van der Waals surface area (Å²) in [6.45, 7) is 0. The fraction of sp³-hybridized carbons (Fsp3) is 0.111. The number of hydrogen-bond donors (Lipinski definition) is 0. The maximum atomic E-state index is 12.5. The molecule has 24 heavy (non-hydrogen) atoms. The molecule has 0 unspecified atom stereocenters. The lowest BCUT2D eigenvalue weighted by Gasteiger charge is -2.07. The van der Waals surface area contributed by atoms with Crippen LogP contribution in [-0.2, 0) is 4.79 Å². The van der Waals surface area contributed by atoms with E-state index >= 15 is 0 Å². The van der Waals surface area contributed by atoms with Crippen molar-refractivity contribution < 1.29 is 9.53 Å². The molecule has 1 aliphatic rings. The van der Waals surface area contributed by atoms with E-state index in [1.165, 1.54) is 16.7 Å². The SMILES string of the molecule is COc1ccccc1/C=C1/SC(=Nc2ccccc2Cl)N(C)C1=O. The van der Waals surface area contributed by atoms with Crippen LogP contribution in [0.15, 0.2) is 58.4 Å². The summed E-state index contributed by atoms with van der Waals surface area (Å²) in [7, 11) is 3.31. The van der Waals surface area contributed by atoms with Gasteiger partial charge in [-0.15, -0.1) is 0 Å². The van der Waals surface area contributed by atoms with Crippen molar-refractivity contribution in [1.29, 1.82) is 0 Å². The number of aliphatic imine (C=N–C) groups is 1. The zero-order valence-electron chi connectivity index (χ0n) is 13.2. The molecule has 6 heteroatoms. The molecule has 0 atom stereocenters. The Morgan fingerprint density at radius 3 is 2.62 bits per heavy atom. The highest BCUT2D eigenvalue weighted by atomic mass is 35.5. The second-order valence-electron chi connectivity index (χ2n) is 5.06. The lowest BCUT2D eigenvalue weighted by atomic mass is 10.2. The Labute approximate surface area is 149 Å². The minimum Gasteiger partial charge on any atom is -0.496 e. The normalized spacial score (nSPS) is 17.8. The number of halogens is 1. The highest BCUT2D eigenvalue weighted by molar-refractivity contribution is 8.18. The van der Waals surface area contributed by atoms with Gasteiger partial charge in [-0.3, -0.25) is 9.69 Å². The maximum absolute atomic E-state index is 12.5. The van der Waals surface area contributed by atoms with Gasteiger partial charge in [0.25, 0.3) is 5.91 Å². The van der Waals surface area contributed by atoms with Gasteiger partial charge >= 0.3 is 0 Å². The smallest absolute Gasteiger partial charge is 0.266 e. The molecular weight excluding hydrogens is 344 g/mol. The van der Waals surface area contributed by atoms with Crippen LogP contribution < -0.4 is 4.74 Å². The summed E-state index contributed by atoms with van der Waals surface area (Å²) >= 11 is 7.46. The van der Waals surface area contributed by atoms with Gasteiger partial charge in [0.05, 0.1) is 22.7 Å². The Morgan fingerprint density at radius 2 is 1.88 bits per heavy atom. The molecule has 0 saturated carbocycles. The molecule has 1 saturated heterocycles. The minimum absolute atomic E-state index is 0.100. The average Bonchev–Trinajstić information content (AvgIpc) is 2.85. The molecule has 1 heterocycles. The van der Waals surface area contributed by atoms with Gasteiger partial charge in [0.15, 0.2) is 5.17 Å². The van der Waals surface area contributed by atoms with Crippen molar-refractivity contribution in [3.05, 3.63) is 64.0 Å². The fourth-order valence-electron chi connectivity index (χ4n) is 2.22. The number of methoxy groups -OCH3 is 1. The molecule has 122 valence electrons. The van der Waals surface area contributed by atoms with E-state index in [1.807, 2.05) is 48.5 Å². The molecule has 2 aromatic carbocycles. The van der Waals surface area contributed by atoms with Crippen LogP contribution in [0.25, 0.3) is 6.08 Å². The number of thioether (sulfide) groups is 1. The van der Waals surface area contributed by atoms with Gasteiger partial charge in [-0.05, 0) is 36.0 Å². The Kier molecular flexibility index (Phi) is 4.92. The third-order valence-electron chi connectivity index (χ3n) is 3.50. The number of para-hydroxylation sites is 2. The predicted molar refractivity (Wildman–Crippen MR) is 99.9 cm³/mol. The number of carbonyl (C=O) groups excluding carboxylic acids is 1. The molecule has 3 rings (SSSR count). The molecule has 0 aromatic heterocycles.